The molecule has 2 aliphatic rings. The van der Waals surface area contributed by atoms with E-state index >= 15 is 0 Å². The first-order valence-electron chi connectivity index (χ1n) is 9.53. The Morgan fingerprint density at radius 3 is 2.46 bits per heavy atom. The predicted molar refractivity (Wildman–Crippen MR) is 116 cm³/mol. The third kappa shape index (κ3) is 4.52. The molecule has 0 N–H and O–H groups in total. The smallest absolute Gasteiger partial charge is 0.0923 e. The fourth-order valence-electron chi connectivity index (χ4n) is 3.75. The number of benzene rings is 1. The largest absolute Gasteiger partial charge is 0.294 e. The summed E-state index contributed by atoms with van der Waals surface area (Å²) in [5.41, 5.74) is 0.772. The number of nitrogens with zero attached hydrogens (tertiary/aromatic N) is 3. The van der Waals surface area contributed by atoms with Crippen LogP contribution in [0, 0.1) is 5.41 Å². The Labute approximate surface area is 167 Å². The van der Waals surface area contributed by atoms with Crippen LogP contribution in [0.2, 0.25) is 5.02 Å². The quantitative estimate of drug-likeness (QED) is 0.600. The first-order valence-corrected chi connectivity index (χ1v) is 10.7. The van der Waals surface area contributed by atoms with Gasteiger partial charge in [-0.25, -0.2) is 4.99 Å². The highest BCUT2D eigenvalue weighted by atomic mass is 35.5. The van der Waals surface area contributed by atoms with Gasteiger partial charge >= 0.3 is 0 Å². The Morgan fingerprint density at radius 2 is 1.85 bits per heavy atom. The number of thioether (sulfide) groups is 1. The number of rotatable bonds is 2. The molecule has 1 unspecified atom stereocenters. The number of halogens is 1. The van der Waals surface area contributed by atoms with Crippen molar-refractivity contribution in [3.63, 3.8) is 0 Å². The maximum Gasteiger partial charge on any atom is 0.0923 e. The molecule has 0 radical (unpaired) electrons. The van der Waals surface area contributed by atoms with Gasteiger partial charge in [-0.15, -0.1) is 0 Å². The number of aliphatic imine (C=N–C) groups is 2. The summed E-state index contributed by atoms with van der Waals surface area (Å²) in [6, 6.07) is 8.11. The highest BCUT2D eigenvalue weighted by molar-refractivity contribution is 8.27. The average Bonchev–Trinajstić information content (AvgIpc) is 2.76. The fourth-order valence-corrected chi connectivity index (χ4v) is 5.53. The third-order valence-corrected chi connectivity index (χ3v) is 6.48. The number of hydrogen-bond acceptors (Lipinski definition) is 4. The zero-order valence-corrected chi connectivity index (χ0v) is 18.1. The SMILES string of the molecule is CC(C)(C)N=C1SC(=Nc2cccc(Cl)c2)C(C)(C)C1N1CCCCC1. The van der Waals surface area contributed by atoms with Crippen molar-refractivity contribution in [3.05, 3.63) is 29.3 Å². The van der Waals surface area contributed by atoms with Gasteiger partial charge in [0.15, 0.2) is 0 Å². The van der Waals surface area contributed by atoms with Crippen LogP contribution in [0.1, 0.15) is 53.9 Å². The lowest BCUT2D eigenvalue weighted by molar-refractivity contribution is 0.154. The molecule has 1 aromatic carbocycles. The van der Waals surface area contributed by atoms with E-state index in [1.807, 2.05) is 24.3 Å². The molecule has 0 amide bonds. The lowest BCUT2D eigenvalue weighted by atomic mass is 9.84. The number of hydrogen-bond donors (Lipinski definition) is 0. The Morgan fingerprint density at radius 1 is 1.15 bits per heavy atom. The molecular formula is C21H30ClN3S. The lowest BCUT2D eigenvalue weighted by Crippen LogP contribution is -2.49. The van der Waals surface area contributed by atoms with Gasteiger partial charge in [0.2, 0.25) is 0 Å². The van der Waals surface area contributed by atoms with E-state index in [0.717, 1.165) is 28.8 Å². The molecule has 2 heterocycles. The minimum atomic E-state index is -0.0854. The first kappa shape index (κ1) is 19.9. The highest BCUT2D eigenvalue weighted by Crippen LogP contribution is 2.45. The molecule has 2 aliphatic heterocycles. The van der Waals surface area contributed by atoms with Crippen LogP contribution in [0.3, 0.4) is 0 Å². The van der Waals surface area contributed by atoms with Crippen molar-refractivity contribution in [3.8, 4) is 0 Å². The van der Waals surface area contributed by atoms with Crippen LogP contribution in [-0.2, 0) is 0 Å². The van der Waals surface area contributed by atoms with Crippen molar-refractivity contribution in [1.82, 2.24) is 4.90 Å². The Hall–Kier alpha value is -0.840. The summed E-state index contributed by atoms with van der Waals surface area (Å²) in [6.45, 7) is 13.5. The summed E-state index contributed by atoms with van der Waals surface area (Å²) in [7, 11) is 0. The van der Waals surface area contributed by atoms with Crippen molar-refractivity contribution in [2.24, 2.45) is 15.4 Å². The van der Waals surface area contributed by atoms with Gasteiger partial charge in [0, 0.05) is 10.4 Å². The van der Waals surface area contributed by atoms with Gasteiger partial charge in [0.1, 0.15) is 0 Å². The summed E-state index contributed by atoms with van der Waals surface area (Å²) >= 11 is 7.92. The van der Waals surface area contributed by atoms with Crippen LogP contribution in [0.5, 0.6) is 0 Å². The molecular weight excluding hydrogens is 362 g/mol. The van der Waals surface area contributed by atoms with Gasteiger partial charge in [-0.05, 0) is 64.9 Å². The molecule has 0 spiro atoms. The Balaban J connectivity index is 2.01. The molecule has 2 saturated heterocycles. The van der Waals surface area contributed by atoms with Crippen molar-refractivity contribution in [2.45, 2.75) is 65.5 Å². The van der Waals surface area contributed by atoms with Crippen LogP contribution in [0.25, 0.3) is 0 Å². The number of piperidine rings is 1. The molecule has 142 valence electrons. The van der Waals surface area contributed by atoms with Crippen LogP contribution < -0.4 is 0 Å². The topological polar surface area (TPSA) is 28.0 Å². The van der Waals surface area contributed by atoms with Crippen LogP contribution in [0.15, 0.2) is 34.3 Å². The molecule has 0 bridgehead atoms. The fraction of sp³-hybridized carbons (Fsp3) is 0.619. The molecule has 5 heteroatoms. The van der Waals surface area contributed by atoms with Gasteiger partial charge in [-0.3, -0.25) is 9.89 Å². The second-order valence-corrected chi connectivity index (χ2v) is 10.3. The molecule has 0 saturated carbocycles. The van der Waals surface area contributed by atoms with E-state index in [-0.39, 0.29) is 11.0 Å². The minimum absolute atomic E-state index is 0.0611. The first-order chi connectivity index (χ1) is 12.2. The van der Waals surface area contributed by atoms with E-state index < -0.39 is 0 Å². The minimum Gasteiger partial charge on any atom is -0.294 e. The zero-order chi connectivity index (χ0) is 18.9. The summed E-state index contributed by atoms with van der Waals surface area (Å²) in [5.74, 6) is 0. The van der Waals surface area contributed by atoms with Gasteiger partial charge in [0.05, 0.1) is 27.4 Å². The van der Waals surface area contributed by atoms with Gasteiger partial charge in [-0.1, -0.05) is 49.7 Å². The summed E-state index contributed by atoms with van der Waals surface area (Å²) in [4.78, 5) is 12.7. The molecule has 0 aliphatic carbocycles. The van der Waals surface area contributed by atoms with Crippen molar-refractivity contribution in [1.29, 1.82) is 0 Å². The molecule has 3 rings (SSSR count). The zero-order valence-electron chi connectivity index (χ0n) is 16.6. The van der Waals surface area contributed by atoms with E-state index in [2.05, 4.69) is 39.5 Å². The highest BCUT2D eigenvalue weighted by Gasteiger charge is 2.49. The monoisotopic (exact) mass is 391 g/mol. The predicted octanol–water partition coefficient (Wildman–Crippen LogP) is 6.19. The standard InChI is InChI=1S/C21H30ClN3S/c1-20(2,3)24-18-17(25-12-7-6-8-13-25)21(4,5)19(26-18)23-16-11-9-10-15(22)14-16/h9-11,14,17H,6-8,12-13H2,1-5H3. The molecule has 26 heavy (non-hydrogen) atoms. The average molecular weight is 392 g/mol. The van der Waals surface area contributed by atoms with Gasteiger partial charge in [0.25, 0.3) is 0 Å². The van der Waals surface area contributed by atoms with Crippen LogP contribution in [0.4, 0.5) is 5.69 Å². The second-order valence-electron chi connectivity index (χ2n) is 8.84. The summed E-state index contributed by atoms with van der Waals surface area (Å²) in [6.07, 6.45) is 3.90. The van der Waals surface area contributed by atoms with E-state index in [1.54, 1.807) is 11.8 Å². The molecule has 1 atom stereocenters. The number of likely N-dealkylation sites (tertiary alicyclic amines) is 1. The lowest BCUT2D eigenvalue weighted by Gasteiger charge is -2.39. The van der Waals surface area contributed by atoms with E-state index in [1.165, 1.54) is 24.3 Å². The second kappa shape index (κ2) is 7.65. The van der Waals surface area contributed by atoms with Crippen LogP contribution in [-0.4, -0.2) is 39.7 Å². The van der Waals surface area contributed by atoms with Crippen molar-refractivity contribution < 1.29 is 0 Å². The maximum atomic E-state index is 6.16. The normalized spacial score (nSPS) is 27.4. The van der Waals surface area contributed by atoms with Crippen molar-refractivity contribution in [2.75, 3.05) is 13.1 Å². The van der Waals surface area contributed by atoms with Gasteiger partial charge < -0.3 is 0 Å². The third-order valence-electron chi connectivity index (χ3n) is 4.91. The van der Waals surface area contributed by atoms with Gasteiger partial charge in [-0.2, -0.15) is 0 Å². The molecule has 3 nitrogen and oxygen atoms in total. The van der Waals surface area contributed by atoms with E-state index in [0.29, 0.717) is 6.04 Å². The van der Waals surface area contributed by atoms with Crippen LogP contribution >= 0.6 is 23.4 Å². The van der Waals surface area contributed by atoms with Crippen molar-refractivity contribution >= 4 is 39.1 Å². The van der Waals surface area contributed by atoms with E-state index in [4.69, 9.17) is 21.6 Å². The maximum absolute atomic E-state index is 6.16. The Kier molecular flexibility index (Phi) is 5.86. The molecule has 2 fully saturated rings. The summed E-state index contributed by atoms with van der Waals surface area (Å²) in [5, 5.41) is 3.08. The molecule has 0 aromatic heterocycles. The summed E-state index contributed by atoms with van der Waals surface area (Å²) < 4.78 is 0. The molecule has 1 aromatic rings. The van der Waals surface area contributed by atoms with E-state index in [9.17, 15) is 0 Å². The Bertz CT molecular complexity index is 712.